The molecule has 0 spiro atoms. The zero-order valence-corrected chi connectivity index (χ0v) is 11.6. The van der Waals surface area contributed by atoms with Crippen LogP contribution in [-0.4, -0.2) is 29.3 Å². The maximum Gasteiger partial charge on any atom is 0.223 e. The van der Waals surface area contributed by atoms with Crippen LogP contribution in [0.2, 0.25) is 0 Å². The minimum Gasteiger partial charge on any atom is -0.369 e. The highest BCUT2D eigenvalue weighted by molar-refractivity contribution is 5.88. The van der Waals surface area contributed by atoms with Crippen LogP contribution in [0.25, 0.3) is 0 Å². The third kappa shape index (κ3) is 2.68. The second-order valence-corrected chi connectivity index (χ2v) is 6.92. The normalized spacial score (nSPS) is 35.8. The molecule has 0 bridgehead atoms. The van der Waals surface area contributed by atoms with Crippen LogP contribution in [0.4, 0.5) is 0 Å². The zero-order valence-electron chi connectivity index (χ0n) is 11.6. The second-order valence-electron chi connectivity index (χ2n) is 6.92. The van der Waals surface area contributed by atoms with Crippen LogP contribution in [0, 0.1) is 17.3 Å². The van der Waals surface area contributed by atoms with E-state index in [1.54, 1.807) is 0 Å². The van der Waals surface area contributed by atoms with E-state index >= 15 is 0 Å². The van der Waals surface area contributed by atoms with Gasteiger partial charge in [-0.2, -0.15) is 0 Å². The molecule has 0 aromatic carbocycles. The molecule has 2 N–H and O–H groups in total. The summed E-state index contributed by atoms with van der Waals surface area (Å²) < 4.78 is 0. The van der Waals surface area contributed by atoms with Crippen LogP contribution in [0.1, 0.15) is 46.5 Å². The SMILES string of the molecule is CC1CC(N2CC(C(N)=O)CC2=O)CC(C)(C)C1. The average Bonchev–Trinajstić information content (AvgIpc) is 2.57. The lowest BCUT2D eigenvalue weighted by Gasteiger charge is -2.42. The maximum absolute atomic E-state index is 12.0. The molecular weight excluding hydrogens is 228 g/mol. The summed E-state index contributed by atoms with van der Waals surface area (Å²) in [6.07, 6.45) is 3.61. The quantitative estimate of drug-likeness (QED) is 0.810. The second kappa shape index (κ2) is 4.56. The molecule has 2 amide bonds. The van der Waals surface area contributed by atoms with E-state index in [2.05, 4.69) is 20.8 Å². The van der Waals surface area contributed by atoms with E-state index < -0.39 is 0 Å². The lowest BCUT2D eigenvalue weighted by Crippen LogP contribution is -2.44. The highest BCUT2D eigenvalue weighted by Crippen LogP contribution is 2.41. The van der Waals surface area contributed by atoms with Gasteiger partial charge in [0.15, 0.2) is 0 Å². The molecule has 1 aliphatic heterocycles. The fourth-order valence-corrected chi connectivity index (χ4v) is 3.81. The summed E-state index contributed by atoms with van der Waals surface area (Å²) in [7, 11) is 0. The summed E-state index contributed by atoms with van der Waals surface area (Å²) in [5.74, 6) is 0.125. The Balaban J connectivity index is 2.07. The van der Waals surface area contributed by atoms with E-state index in [0.29, 0.717) is 24.9 Å². The smallest absolute Gasteiger partial charge is 0.223 e. The van der Waals surface area contributed by atoms with Crippen LogP contribution >= 0.6 is 0 Å². The Hall–Kier alpha value is -1.06. The van der Waals surface area contributed by atoms with E-state index in [-0.39, 0.29) is 23.1 Å². The lowest BCUT2D eigenvalue weighted by molar-refractivity contribution is -0.131. The summed E-state index contributed by atoms with van der Waals surface area (Å²) >= 11 is 0. The van der Waals surface area contributed by atoms with Gasteiger partial charge in [-0.15, -0.1) is 0 Å². The van der Waals surface area contributed by atoms with Gasteiger partial charge in [0.25, 0.3) is 0 Å². The average molecular weight is 252 g/mol. The summed E-state index contributed by atoms with van der Waals surface area (Å²) in [6, 6.07) is 0.292. The van der Waals surface area contributed by atoms with Crippen molar-refractivity contribution >= 4 is 11.8 Å². The van der Waals surface area contributed by atoms with Gasteiger partial charge in [0.2, 0.25) is 11.8 Å². The Morgan fingerprint density at radius 2 is 2.06 bits per heavy atom. The molecule has 18 heavy (non-hydrogen) atoms. The van der Waals surface area contributed by atoms with E-state index in [4.69, 9.17) is 5.73 Å². The Labute approximate surface area is 109 Å². The monoisotopic (exact) mass is 252 g/mol. The Morgan fingerprint density at radius 1 is 1.39 bits per heavy atom. The first-order valence-electron chi connectivity index (χ1n) is 6.87. The topological polar surface area (TPSA) is 63.4 Å². The number of hydrogen-bond donors (Lipinski definition) is 1. The van der Waals surface area contributed by atoms with Gasteiger partial charge >= 0.3 is 0 Å². The Morgan fingerprint density at radius 3 is 2.56 bits per heavy atom. The van der Waals surface area contributed by atoms with Crippen LogP contribution in [0.5, 0.6) is 0 Å². The minimum absolute atomic E-state index is 0.105. The minimum atomic E-state index is -0.339. The van der Waals surface area contributed by atoms with E-state index in [0.717, 1.165) is 12.8 Å². The van der Waals surface area contributed by atoms with Crippen LogP contribution in [-0.2, 0) is 9.59 Å². The van der Waals surface area contributed by atoms with Crippen molar-refractivity contribution in [2.24, 2.45) is 23.0 Å². The Kier molecular flexibility index (Phi) is 3.39. The molecule has 1 saturated carbocycles. The number of carbonyl (C=O) groups excluding carboxylic acids is 2. The third-order valence-electron chi connectivity index (χ3n) is 4.37. The van der Waals surface area contributed by atoms with E-state index in [1.807, 2.05) is 4.90 Å². The molecule has 4 heteroatoms. The van der Waals surface area contributed by atoms with Crippen molar-refractivity contribution in [3.63, 3.8) is 0 Å². The van der Waals surface area contributed by atoms with Crippen LogP contribution in [0.3, 0.4) is 0 Å². The number of carbonyl (C=O) groups is 2. The molecule has 3 unspecified atom stereocenters. The first-order valence-corrected chi connectivity index (χ1v) is 6.87. The molecule has 102 valence electrons. The standard InChI is InChI=1S/C14H24N2O2/c1-9-4-11(7-14(2,3)6-9)16-8-10(13(15)18)5-12(16)17/h9-11H,4-8H2,1-3H3,(H2,15,18). The van der Waals surface area contributed by atoms with Gasteiger partial charge in [-0.1, -0.05) is 20.8 Å². The van der Waals surface area contributed by atoms with Gasteiger partial charge in [-0.3, -0.25) is 9.59 Å². The number of hydrogen-bond acceptors (Lipinski definition) is 2. The zero-order chi connectivity index (χ0) is 13.5. The molecular formula is C14H24N2O2. The summed E-state index contributed by atoms with van der Waals surface area (Å²) in [5.41, 5.74) is 5.60. The molecule has 2 rings (SSSR count). The number of primary amides is 1. The van der Waals surface area contributed by atoms with Crippen molar-refractivity contribution in [3.8, 4) is 0 Å². The Bertz CT molecular complexity index is 365. The molecule has 2 aliphatic rings. The van der Waals surface area contributed by atoms with Gasteiger partial charge in [0.05, 0.1) is 5.92 Å². The van der Waals surface area contributed by atoms with E-state index in [1.165, 1.54) is 6.42 Å². The van der Waals surface area contributed by atoms with Gasteiger partial charge in [-0.25, -0.2) is 0 Å². The lowest BCUT2D eigenvalue weighted by atomic mass is 9.70. The molecule has 0 radical (unpaired) electrons. The van der Waals surface area contributed by atoms with Crippen molar-refractivity contribution in [2.45, 2.75) is 52.5 Å². The molecule has 2 fully saturated rings. The highest BCUT2D eigenvalue weighted by Gasteiger charge is 2.41. The third-order valence-corrected chi connectivity index (χ3v) is 4.37. The van der Waals surface area contributed by atoms with Crippen molar-refractivity contribution in [2.75, 3.05) is 6.54 Å². The van der Waals surface area contributed by atoms with E-state index in [9.17, 15) is 9.59 Å². The molecule has 1 heterocycles. The number of nitrogens with two attached hydrogens (primary N) is 1. The fraction of sp³-hybridized carbons (Fsp3) is 0.857. The summed E-state index contributed by atoms with van der Waals surface area (Å²) in [4.78, 5) is 25.1. The van der Waals surface area contributed by atoms with Crippen molar-refractivity contribution in [1.82, 2.24) is 4.90 Å². The number of nitrogens with zero attached hydrogens (tertiary/aromatic N) is 1. The van der Waals surface area contributed by atoms with Gasteiger partial charge in [-0.05, 0) is 30.6 Å². The molecule has 0 aromatic rings. The molecule has 1 aliphatic carbocycles. The first kappa shape index (κ1) is 13.4. The number of rotatable bonds is 2. The van der Waals surface area contributed by atoms with Crippen molar-refractivity contribution in [1.29, 1.82) is 0 Å². The van der Waals surface area contributed by atoms with Crippen molar-refractivity contribution in [3.05, 3.63) is 0 Å². The largest absolute Gasteiger partial charge is 0.369 e. The fourth-order valence-electron chi connectivity index (χ4n) is 3.81. The van der Waals surface area contributed by atoms with Crippen LogP contribution in [0.15, 0.2) is 0 Å². The highest BCUT2D eigenvalue weighted by atomic mass is 16.2. The predicted octanol–water partition coefficient (Wildman–Crippen LogP) is 1.53. The summed E-state index contributed by atoms with van der Waals surface area (Å²) in [6.45, 7) is 7.31. The molecule has 4 nitrogen and oxygen atoms in total. The molecule has 3 atom stereocenters. The van der Waals surface area contributed by atoms with Gasteiger partial charge in [0, 0.05) is 19.0 Å². The summed E-state index contributed by atoms with van der Waals surface area (Å²) in [5, 5.41) is 0. The molecule has 1 saturated heterocycles. The predicted molar refractivity (Wildman–Crippen MR) is 69.6 cm³/mol. The molecule has 0 aromatic heterocycles. The van der Waals surface area contributed by atoms with Gasteiger partial charge < -0.3 is 10.6 Å². The number of amides is 2. The van der Waals surface area contributed by atoms with Crippen LogP contribution < -0.4 is 5.73 Å². The van der Waals surface area contributed by atoms with Gasteiger partial charge in [0.1, 0.15) is 0 Å². The number of likely N-dealkylation sites (tertiary alicyclic amines) is 1. The van der Waals surface area contributed by atoms with Crippen molar-refractivity contribution < 1.29 is 9.59 Å². The maximum atomic E-state index is 12.0. The first-order chi connectivity index (χ1) is 8.28.